The Morgan fingerprint density at radius 1 is 1.42 bits per heavy atom. The summed E-state index contributed by atoms with van der Waals surface area (Å²) in [6.45, 7) is 4.18. The molecule has 0 spiro atoms. The van der Waals surface area contributed by atoms with Crippen molar-refractivity contribution in [2.75, 3.05) is 57.9 Å². The molecule has 10 heteroatoms. The van der Waals surface area contributed by atoms with Crippen LogP contribution in [0.5, 0.6) is 5.75 Å². The molecule has 2 aliphatic rings. The average Bonchev–Trinajstić information content (AvgIpc) is 2.76. The largest absolute Gasteiger partial charge is 0.487 e. The number of likely N-dealkylation sites (N-methyl/N-ethyl adjacent to an activating group) is 1. The third kappa shape index (κ3) is 3.86. The van der Waals surface area contributed by atoms with Gasteiger partial charge in [-0.05, 0) is 13.0 Å². The van der Waals surface area contributed by atoms with Crippen molar-refractivity contribution >= 4 is 22.6 Å². The number of carbonyl (C=O) groups is 1. The van der Waals surface area contributed by atoms with E-state index >= 15 is 4.39 Å². The summed E-state index contributed by atoms with van der Waals surface area (Å²) < 4.78 is 27.9. The van der Waals surface area contributed by atoms with Gasteiger partial charge in [0.2, 0.25) is 5.43 Å². The number of aliphatic hydroxyl groups is 2. The number of aromatic nitrogens is 1. The van der Waals surface area contributed by atoms with Crippen LogP contribution in [0.2, 0.25) is 0 Å². The lowest BCUT2D eigenvalue weighted by Gasteiger charge is -2.35. The maximum absolute atomic E-state index is 15.3. The zero-order valence-corrected chi connectivity index (χ0v) is 17.6. The first-order valence-electron chi connectivity index (χ1n) is 10.4. The molecule has 2 aromatic rings. The maximum Gasteiger partial charge on any atom is 0.343 e. The molecule has 3 N–H and O–H groups in total. The number of halogens is 1. The Balaban J connectivity index is 1.83. The van der Waals surface area contributed by atoms with Gasteiger partial charge in [-0.1, -0.05) is 0 Å². The number of carbonyl (C=O) groups excluding carboxylic acids is 1. The second-order valence-electron chi connectivity index (χ2n) is 8.25. The minimum atomic E-state index is -1.24. The van der Waals surface area contributed by atoms with E-state index < -0.39 is 36.5 Å². The summed E-state index contributed by atoms with van der Waals surface area (Å²) in [7, 11) is 2.09. The van der Waals surface area contributed by atoms with Gasteiger partial charge in [0.15, 0.2) is 11.6 Å². The van der Waals surface area contributed by atoms with Gasteiger partial charge in [-0.2, -0.15) is 0 Å². The molecule has 0 bridgehead atoms. The molecule has 0 aliphatic carbocycles. The normalized spacial score (nSPS) is 19.9. The van der Waals surface area contributed by atoms with Gasteiger partial charge in [0.1, 0.15) is 30.6 Å². The number of piperazine rings is 1. The van der Waals surface area contributed by atoms with Crippen molar-refractivity contribution in [2.24, 2.45) is 0 Å². The van der Waals surface area contributed by atoms with Crippen molar-refractivity contribution < 1.29 is 33.8 Å². The third-order valence-electron chi connectivity index (χ3n) is 5.91. The number of hydrogen-bond acceptors (Lipinski definition) is 7. The van der Waals surface area contributed by atoms with Crippen LogP contribution in [0.25, 0.3) is 10.9 Å². The number of nitrogens with one attached hydrogen (secondary N) is 1. The number of nitrogens with zero attached hydrogens (tertiary/aromatic N) is 2. The fourth-order valence-corrected chi connectivity index (χ4v) is 4.07. The first-order valence-corrected chi connectivity index (χ1v) is 10.4. The van der Waals surface area contributed by atoms with E-state index in [4.69, 9.17) is 14.6 Å². The standard InChI is InChI=1S/C21H26FN3O6/c1-12-10-30-20-17-14(7-16(22)18(20)24-5-3-23(2)4-6-24)19(28)15(8-25(12)17)21(29)31-11-13(27)9-26/h7-8,12-13,26-27H,3-6,9-11H2,1-2H3/p+1/t12-,13?/m0/s1. The van der Waals surface area contributed by atoms with Crippen molar-refractivity contribution in [2.45, 2.75) is 19.1 Å². The summed E-state index contributed by atoms with van der Waals surface area (Å²) in [5, 5.41) is 18.3. The fraction of sp³-hybridized carbons (Fsp3) is 0.524. The topological polar surface area (TPSA) is 106 Å². The number of anilines is 1. The van der Waals surface area contributed by atoms with Crippen LogP contribution < -0.4 is 20.0 Å². The number of benzene rings is 1. The Kier molecular flexibility index (Phi) is 5.87. The first-order chi connectivity index (χ1) is 14.8. The van der Waals surface area contributed by atoms with E-state index in [1.165, 1.54) is 17.2 Å². The lowest BCUT2D eigenvalue weighted by Crippen LogP contribution is -3.12. The van der Waals surface area contributed by atoms with Gasteiger partial charge in [0.25, 0.3) is 0 Å². The van der Waals surface area contributed by atoms with Crippen LogP contribution in [0.15, 0.2) is 17.1 Å². The van der Waals surface area contributed by atoms with Gasteiger partial charge < -0.3 is 34.1 Å². The van der Waals surface area contributed by atoms with Gasteiger partial charge in [-0.25, -0.2) is 9.18 Å². The molecule has 1 fully saturated rings. The van der Waals surface area contributed by atoms with Gasteiger partial charge in [0.05, 0.1) is 56.8 Å². The predicted octanol–water partition coefficient (Wildman–Crippen LogP) is -1.06. The Morgan fingerprint density at radius 2 is 2.13 bits per heavy atom. The molecule has 0 radical (unpaired) electrons. The Hall–Kier alpha value is -2.69. The fourth-order valence-electron chi connectivity index (χ4n) is 4.07. The monoisotopic (exact) mass is 436 g/mol. The van der Waals surface area contributed by atoms with Gasteiger partial charge in [-0.15, -0.1) is 0 Å². The van der Waals surface area contributed by atoms with Crippen LogP contribution in [0.1, 0.15) is 23.3 Å². The molecule has 3 heterocycles. The van der Waals surface area contributed by atoms with E-state index in [1.807, 2.05) is 11.8 Å². The molecule has 0 saturated carbocycles. The number of esters is 1. The van der Waals surface area contributed by atoms with Crippen LogP contribution in [0.3, 0.4) is 0 Å². The van der Waals surface area contributed by atoms with E-state index in [0.717, 1.165) is 13.1 Å². The number of pyridine rings is 1. The summed E-state index contributed by atoms with van der Waals surface area (Å²) in [5.41, 5.74) is -0.116. The van der Waals surface area contributed by atoms with E-state index in [0.29, 0.717) is 30.0 Å². The van der Waals surface area contributed by atoms with E-state index in [9.17, 15) is 14.7 Å². The molecule has 168 valence electrons. The predicted molar refractivity (Wildman–Crippen MR) is 111 cm³/mol. The van der Waals surface area contributed by atoms with Crippen LogP contribution in [-0.2, 0) is 4.74 Å². The summed E-state index contributed by atoms with van der Waals surface area (Å²) in [6, 6.07) is 0.972. The smallest absolute Gasteiger partial charge is 0.343 e. The highest BCUT2D eigenvalue weighted by Crippen LogP contribution is 2.41. The van der Waals surface area contributed by atoms with Crippen molar-refractivity contribution in [3.63, 3.8) is 0 Å². The quantitative estimate of drug-likeness (QED) is 0.513. The summed E-state index contributed by atoms with van der Waals surface area (Å²) in [4.78, 5) is 28.8. The molecule has 2 aliphatic heterocycles. The van der Waals surface area contributed by atoms with Gasteiger partial charge in [-0.3, -0.25) is 4.79 Å². The highest BCUT2D eigenvalue weighted by Gasteiger charge is 2.31. The summed E-state index contributed by atoms with van der Waals surface area (Å²) in [6.07, 6.45) is 0.167. The molecule has 1 aromatic heterocycles. The maximum atomic E-state index is 15.3. The SMILES string of the molecule is C[C@H]1COc2c(N3CC[NH+](C)CC3)c(F)cc3c(=O)c(C(=O)OCC(O)CO)cn1c23. The molecule has 1 saturated heterocycles. The highest BCUT2D eigenvalue weighted by atomic mass is 19.1. The van der Waals surface area contributed by atoms with Crippen molar-refractivity contribution in [1.29, 1.82) is 0 Å². The first kappa shape index (κ1) is 21.5. The Labute approximate surface area is 178 Å². The van der Waals surface area contributed by atoms with E-state index in [1.54, 1.807) is 4.57 Å². The zero-order chi connectivity index (χ0) is 22.3. The molecular weight excluding hydrogens is 409 g/mol. The van der Waals surface area contributed by atoms with Crippen molar-refractivity contribution in [3.05, 3.63) is 33.9 Å². The third-order valence-corrected chi connectivity index (χ3v) is 5.91. The number of rotatable bonds is 5. The molecule has 1 aromatic carbocycles. The minimum Gasteiger partial charge on any atom is -0.487 e. The number of quaternary nitrogens is 1. The summed E-state index contributed by atoms with van der Waals surface area (Å²) in [5.74, 6) is -1.18. The minimum absolute atomic E-state index is 0.0414. The zero-order valence-electron chi connectivity index (χ0n) is 17.6. The van der Waals surface area contributed by atoms with E-state index in [2.05, 4.69) is 7.05 Å². The summed E-state index contributed by atoms with van der Waals surface area (Å²) >= 11 is 0. The molecule has 1 unspecified atom stereocenters. The number of aliphatic hydroxyl groups excluding tert-OH is 2. The van der Waals surface area contributed by atoms with Gasteiger partial charge >= 0.3 is 5.97 Å². The van der Waals surface area contributed by atoms with Crippen LogP contribution in [0.4, 0.5) is 10.1 Å². The second-order valence-corrected chi connectivity index (χ2v) is 8.25. The van der Waals surface area contributed by atoms with Crippen molar-refractivity contribution in [3.8, 4) is 5.75 Å². The number of ether oxygens (including phenoxy) is 2. The highest BCUT2D eigenvalue weighted by molar-refractivity contribution is 5.98. The Bertz CT molecular complexity index is 1060. The molecule has 31 heavy (non-hydrogen) atoms. The molecule has 4 rings (SSSR count). The Morgan fingerprint density at radius 3 is 2.81 bits per heavy atom. The van der Waals surface area contributed by atoms with Crippen LogP contribution in [-0.4, -0.2) is 79.9 Å². The van der Waals surface area contributed by atoms with Crippen LogP contribution >= 0.6 is 0 Å². The van der Waals surface area contributed by atoms with Gasteiger partial charge in [0, 0.05) is 6.20 Å². The molecule has 9 nitrogen and oxygen atoms in total. The molecule has 2 atom stereocenters. The lowest BCUT2D eigenvalue weighted by atomic mass is 10.1. The van der Waals surface area contributed by atoms with E-state index in [-0.39, 0.29) is 23.6 Å². The molecular formula is C21H27FN3O6+. The lowest BCUT2D eigenvalue weighted by molar-refractivity contribution is -0.880. The second kappa shape index (κ2) is 8.45. The average molecular weight is 436 g/mol. The molecule has 0 amide bonds. The van der Waals surface area contributed by atoms with Crippen molar-refractivity contribution in [1.82, 2.24) is 4.57 Å². The van der Waals surface area contributed by atoms with Crippen LogP contribution in [0, 0.1) is 5.82 Å². The number of hydrogen-bond donors (Lipinski definition) is 3.